The maximum Gasteiger partial charge on any atom is 0.276 e. The molecule has 3 rings (SSSR count). The molecule has 3 heterocycles. The van der Waals surface area contributed by atoms with Crippen molar-refractivity contribution in [1.29, 1.82) is 0 Å². The highest BCUT2D eigenvalue weighted by atomic mass is 32.1. The topological polar surface area (TPSA) is 46.3 Å². The Morgan fingerprint density at radius 2 is 1.81 bits per heavy atom. The maximum atomic E-state index is 12.7. The van der Waals surface area contributed by atoms with Crippen LogP contribution in [0.4, 0.5) is 0 Å². The minimum Gasteiger partial charge on any atom is -0.364 e. The number of thiophene rings is 2. The number of hydrogen-bond donors (Lipinski definition) is 0. The molecule has 0 radical (unpaired) electrons. The van der Waals surface area contributed by atoms with Gasteiger partial charge >= 0.3 is 0 Å². The Bertz CT molecular complexity index is 666. The molecular formula is C15H14N2O2S2. The lowest BCUT2D eigenvalue weighted by Crippen LogP contribution is -2.30. The van der Waals surface area contributed by atoms with E-state index < -0.39 is 0 Å². The molecule has 21 heavy (non-hydrogen) atoms. The maximum absolute atomic E-state index is 12.7. The van der Waals surface area contributed by atoms with Crippen molar-refractivity contribution in [3.05, 3.63) is 62.3 Å². The van der Waals surface area contributed by atoms with Gasteiger partial charge in [0.1, 0.15) is 6.26 Å². The molecule has 0 N–H and O–H groups in total. The Kier molecular flexibility index (Phi) is 4.17. The van der Waals surface area contributed by atoms with Gasteiger partial charge in [0.05, 0.1) is 13.1 Å². The summed E-state index contributed by atoms with van der Waals surface area (Å²) in [6, 6.07) is 8.06. The summed E-state index contributed by atoms with van der Waals surface area (Å²) < 4.78 is 4.89. The molecule has 0 bridgehead atoms. The summed E-state index contributed by atoms with van der Waals surface area (Å²) >= 11 is 3.30. The monoisotopic (exact) mass is 318 g/mol. The fourth-order valence-electron chi connectivity index (χ4n) is 2.02. The summed E-state index contributed by atoms with van der Waals surface area (Å²) in [5.74, 6) is -0.0944. The van der Waals surface area contributed by atoms with E-state index in [4.69, 9.17) is 4.52 Å². The normalized spacial score (nSPS) is 10.7. The second kappa shape index (κ2) is 6.24. The summed E-state index contributed by atoms with van der Waals surface area (Å²) in [4.78, 5) is 16.8. The Morgan fingerprint density at radius 3 is 2.24 bits per heavy atom. The van der Waals surface area contributed by atoms with Gasteiger partial charge in [-0.05, 0) is 29.8 Å². The lowest BCUT2D eigenvalue weighted by molar-refractivity contribution is 0.0722. The number of amides is 1. The third-order valence-corrected chi connectivity index (χ3v) is 4.81. The van der Waals surface area contributed by atoms with E-state index in [2.05, 4.69) is 5.16 Å². The zero-order valence-electron chi connectivity index (χ0n) is 11.5. The zero-order chi connectivity index (χ0) is 14.7. The minimum atomic E-state index is -0.0944. The predicted molar refractivity (Wildman–Crippen MR) is 83.5 cm³/mol. The van der Waals surface area contributed by atoms with Gasteiger partial charge in [-0.3, -0.25) is 4.79 Å². The number of hydrogen-bond acceptors (Lipinski definition) is 5. The first-order valence-electron chi connectivity index (χ1n) is 6.49. The largest absolute Gasteiger partial charge is 0.364 e. The van der Waals surface area contributed by atoms with Gasteiger partial charge in [-0.1, -0.05) is 17.3 Å². The van der Waals surface area contributed by atoms with Crippen LogP contribution in [-0.2, 0) is 13.1 Å². The molecule has 6 heteroatoms. The second-order valence-electron chi connectivity index (χ2n) is 4.67. The first-order valence-corrected chi connectivity index (χ1v) is 8.25. The Morgan fingerprint density at radius 1 is 1.19 bits per heavy atom. The van der Waals surface area contributed by atoms with Crippen LogP contribution in [0.1, 0.15) is 25.8 Å². The lowest BCUT2D eigenvalue weighted by atomic mass is 10.2. The van der Waals surface area contributed by atoms with Gasteiger partial charge in [0.15, 0.2) is 5.69 Å². The molecular weight excluding hydrogens is 304 g/mol. The van der Waals surface area contributed by atoms with Crippen molar-refractivity contribution < 1.29 is 9.32 Å². The lowest BCUT2D eigenvalue weighted by Gasteiger charge is -2.20. The van der Waals surface area contributed by atoms with Gasteiger partial charge in [0.25, 0.3) is 5.91 Å². The van der Waals surface area contributed by atoms with Crippen molar-refractivity contribution in [3.63, 3.8) is 0 Å². The van der Waals surface area contributed by atoms with Crippen LogP contribution < -0.4 is 0 Å². The van der Waals surface area contributed by atoms with Crippen molar-refractivity contribution in [1.82, 2.24) is 10.1 Å². The molecule has 0 aliphatic rings. The molecule has 0 saturated carbocycles. The molecule has 0 unspecified atom stereocenters. The number of carbonyl (C=O) groups is 1. The van der Waals surface area contributed by atoms with E-state index in [1.807, 2.05) is 46.8 Å². The number of carbonyl (C=O) groups excluding carboxylic acids is 1. The van der Waals surface area contributed by atoms with Gasteiger partial charge in [-0.15, -0.1) is 22.7 Å². The molecule has 0 saturated heterocycles. The van der Waals surface area contributed by atoms with Crippen molar-refractivity contribution >= 4 is 28.6 Å². The number of aryl methyl sites for hydroxylation is 1. The summed E-state index contributed by atoms with van der Waals surface area (Å²) in [5, 5.41) is 7.87. The molecule has 0 spiro atoms. The number of nitrogens with zero attached hydrogens (tertiary/aromatic N) is 2. The molecule has 0 aliphatic carbocycles. The van der Waals surface area contributed by atoms with Gasteiger partial charge in [0.2, 0.25) is 0 Å². The molecule has 0 fully saturated rings. The van der Waals surface area contributed by atoms with Gasteiger partial charge in [-0.25, -0.2) is 0 Å². The highest BCUT2D eigenvalue weighted by molar-refractivity contribution is 7.10. The molecule has 0 atom stereocenters. The standard InChI is InChI=1S/C15H14N2O2S2/c1-11-10-19-16-14(11)15(18)17(8-12-4-2-6-20-12)9-13-5-3-7-21-13/h2-7,10H,8-9H2,1H3. The van der Waals surface area contributed by atoms with Crippen LogP contribution in [0.3, 0.4) is 0 Å². The van der Waals surface area contributed by atoms with Crippen molar-refractivity contribution in [2.75, 3.05) is 0 Å². The van der Waals surface area contributed by atoms with Gasteiger partial charge < -0.3 is 9.42 Å². The first-order chi connectivity index (χ1) is 10.2. The molecule has 3 aromatic rings. The quantitative estimate of drug-likeness (QED) is 0.715. The highest BCUT2D eigenvalue weighted by Gasteiger charge is 2.22. The minimum absolute atomic E-state index is 0.0944. The van der Waals surface area contributed by atoms with E-state index in [-0.39, 0.29) is 5.91 Å². The molecule has 0 aliphatic heterocycles. The Hall–Kier alpha value is -1.92. The molecule has 0 aromatic carbocycles. The van der Waals surface area contributed by atoms with E-state index in [0.29, 0.717) is 18.8 Å². The fraction of sp³-hybridized carbons (Fsp3) is 0.200. The Labute approximate surface area is 130 Å². The molecule has 108 valence electrons. The smallest absolute Gasteiger partial charge is 0.276 e. The van der Waals surface area contributed by atoms with E-state index in [9.17, 15) is 4.79 Å². The Balaban J connectivity index is 1.84. The van der Waals surface area contributed by atoms with Crippen LogP contribution in [0, 0.1) is 6.92 Å². The number of rotatable bonds is 5. The number of aromatic nitrogens is 1. The molecule has 1 amide bonds. The third kappa shape index (κ3) is 3.22. The third-order valence-electron chi connectivity index (χ3n) is 3.09. The van der Waals surface area contributed by atoms with Crippen LogP contribution in [0.25, 0.3) is 0 Å². The fourth-order valence-corrected chi connectivity index (χ4v) is 3.46. The summed E-state index contributed by atoms with van der Waals surface area (Å²) in [6.07, 6.45) is 1.50. The summed E-state index contributed by atoms with van der Waals surface area (Å²) in [7, 11) is 0. The van der Waals surface area contributed by atoms with E-state index >= 15 is 0 Å². The van der Waals surface area contributed by atoms with E-state index in [1.54, 1.807) is 22.7 Å². The molecule has 3 aromatic heterocycles. The van der Waals surface area contributed by atoms with Crippen LogP contribution in [0.2, 0.25) is 0 Å². The summed E-state index contributed by atoms with van der Waals surface area (Å²) in [6.45, 7) is 3.00. The first kappa shape index (κ1) is 14.0. The second-order valence-corrected chi connectivity index (χ2v) is 6.73. The van der Waals surface area contributed by atoms with E-state index in [1.165, 1.54) is 6.26 Å². The average Bonchev–Trinajstić information content (AvgIpc) is 3.19. The highest BCUT2D eigenvalue weighted by Crippen LogP contribution is 2.20. The molecule has 4 nitrogen and oxygen atoms in total. The SMILES string of the molecule is Cc1conc1C(=O)N(Cc1cccs1)Cc1cccs1. The zero-order valence-corrected chi connectivity index (χ0v) is 13.1. The van der Waals surface area contributed by atoms with Gasteiger partial charge in [0, 0.05) is 15.3 Å². The van der Waals surface area contributed by atoms with Crippen molar-refractivity contribution in [3.8, 4) is 0 Å². The van der Waals surface area contributed by atoms with Crippen molar-refractivity contribution in [2.24, 2.45) is 0 Å². The van der Waals surface area contributed by atoms with E-state index in [0.717, 1.165) is 15.3 Å². The van der Waals surface area contributed by atoms with Crippen LogP contribution in [0.5, 0.6) is 0 Å². The van der Waals surface area contributed by atoms with Gasteiger partial charge in [-0.2, -0.15) is 0 Å². The van der Waals surface area contributed by atoms with Crippen LogP contribution >= 0.6 is 22.7 Å². The summed E-state index contributed by atoms with van der Waals surface area (Å²) in [5.41, 5.74) is 1.16. The van der Waals surface area contributed by atoms with Crippen LogP contribution in [-0.4, -0.2) is 16.0 Å². The average molecular weight is 318 g/mol. The van der Waals surface area contributed by atoms with Crippen LogP contribution in [0.15, 0.2) is 45.8 Å². The van der Waals surface area contributed by atoms with Crippen molar-refractivity contribution in [2.45, 2.75) is 20.0 Å². The predicted octanol–water partition coefficient (Wildman–Crippen LogP) is 3.95.